The number of carbonyl (C=O) groups excluding carboxylic acids is 1. The molecule has 2 N–H and O–H groups in total. The van der Waals surface area contributed by atoms with Crippen LogP contribution in [-0.4, -0.2) is 29.3 Å². The maximum absolute atomic E-state index is 13.1. The van der Waals surface area contributed by atoms with Crippen LogP contribution in [0.2, 0.25) is 0 Å². The fourth-order valence-corrected chi connectivity index (χ4v) is 3.60. The molecule has 1 amide bonds. The first-order chi connectivity index (χ1) is 13.9. The third kappa shape index (κ3) is 4.81. The van der Waals surface area contributed by atoms with E-state index < -0.39 is 35.4 Å². The van der Waals surface area contributed by atoms with Crippen molar-refractivity contribution in [3.8, 4) is 0 Å². The zero-order valence-corrected chi connectivity index (χ0v) is 16.7. The van der Waals surface area contributed by atoms with Gasteiger partial charge in [0, 0.05) is 17.8 Å². The molecule has 2 heterocycles. The minimum Gasteiger partial charge on any atom is -0.432 e. The van der Waals surface area contributed by atoms with E-state index in [1.807, 2.05) is 0 Å². The van der Waals surface area contributed by atoms with Crippen molar-refractivity contribution >= 4 is 29.4 Å². The van der Waals surface area contributed by atoms with Gasteiger partial charge in [0.25, 0.3) is 5.91 Å². The third-order valence-corrected chi connectivity index (χ3v) is 5.17. The Morgan fingerprint density at radius 1 is 1.17 bits per heavy atom. The second-order valence-corrected chi connectivity index (χ2v) is 7.52. The fraction of sp³-hybridized carbons (Fsp3) is 0.353. The lowest BCUT2D eigenvalue weighted by Gasteiger charge is -2.29. The number of hydrogen-bond acceptors (Lipinski definition) is 5. The zero-order valence-electron chi connectivity index (χ0n) is 15.1. The molecule has 1 atom stereocenters. The molecule has 0 aromatic heterocycles. The Morgan fingerprint density at radius 2 is 1.77 bits per heavy atom. The third-order valence-electron chi connectivity index (χ3n) is 4.32. The Bertz CT molecular complexity index is 883. The number of carbonyl (C=O) groups is 1. The highest BCUT2D eigenvalue weighted by Gasteiger charge is 2.39. The van der Waals surface area contributed by atoms with Gasteiger partial charge < -0.3 is 10.1 Å². The molecule has 0 saturated heterocycles. The molecule has 5 nitrogen and oxygen atoms in total. The van der Waals surface area contributed by atoms with Gasteiger partial charge in [-0.3, -0.25) is 10.1 Å². The lowest BCUT2D eigenvalue weighted by molar-refractivity contribution is -0.143. The van der Waals surface area contributed by atoms with E-state index in [1.165, 1.54) is 6.20 Å². The predicted molar refractivity (Wildman–Crippen MR) is 97.5 cm³/mol. The topological polar surface area (TPSA) is 53.6 Å². The molecule has 1 aromatic rings. The molecule has 0 radical (unpaired) electrons. The number of halogens is 7. The normalized spacial score (nSPS) is 20.3. The zero-order chi connectivity index (χ0) is 22.3. The van der Waals surface area contributed by atoms with Crippen molar-refractivity contribution in [2.24, 2.45) is 0 Å². The monoisotopic (exact) mass is 473 g/mol. The molecule has 0 spiro atoms. The highest BCUT2D eigenvalue weighted by atomic mass is 35.5. The number of thioether (sulfide) groups is 1. The van der Waals surface area contributed by atoms with E-state index in [0.29, 0.717) is 12.1 Å². The van der Waals surface area contributed by atoms with Gasteiger partial charge in [0.1, 0.15) is 0 Å². The molecule has 0 fully saturated rings. The van der Waals surface area contributed by atoms with E-state index in [0.717, 1.165) is 16.2 Å². The van der Waals surface area contributed by atoms with Crippen LogP contribution in [0, 0.1) is 0 Å². The molecule has 2 aliphatic rings. The second kappa shape index (κ2) is 8.23. The maximum atomic E-state index is 13.1. The van der Waals surface area contributed by atoms with Crippen LogP contribution in [0.25, 0.3) is 0 Å². The smallest absolute Gasteiger partial charge is 0.416 e. The molecule has 3 rings (SSSR count). The summed E-state index contributed by atoms with van der Waals surface area (Å²) in [6, 6.07) is 0.379. The van der Waals surface area contributed by atoms with Gasteiger partial charge in [-0.2, -0.15) is 26.3 Å². The lowest BCUT2D eigenvalue weighted by Crippen LogP contribution is -2.48. The molecule has 1 aromatic carbocycles. The van der Waals surface area contributed by atoms with E-state index >= 15 is 0 Å². The predicted octanol–water partition coefficient (Wildman–Crippen LogP) is 4.17. The number of benzene rings is 1. The summed E-state index contributed by atoms with van der Waals surface area (Å²) in [5, 5.41) is 5.91. The van der Waals surface area contributed by atoms with Gasteiger partial charge in [-0.15, -0.1) is 0 Å². The van der Waals surface area contributed by atoms with Crippen LogP contribution < -0.4 is 10.6 Å². The molecular formula is C17H14ClF6N3O2S. The highest BCUT2D eigenvalue weighted by molar-refractivity contribution is 8.02. The van der Waals surface area contributed by atoms with E-state index in [-0.39, 0.29) is 41.3 Å². The van der Waals surface area contributed by atoms with Gasteiger partial charge in [0.15, 0.2) is 5.09 Å². The summed E-state index contributed by atoms with van der Waals surface area (Å²) in [6.45, 7) is 0.0752. The van der Waals surface area contributed by atoms with Crippen molar-refractivity contribution in [1.29, 1.82) is 0 Å². The van der Waals surface area contributed by atoms with E-state index in [4.69, 9.17) is 16.5 Å². The van der Waals surface area contributed by atoms with Crippen LogP contribution in [0.1, 0.15) is 16.7 Å². The summed E-state index contributed by atoms with van der Waals surface area (Å²) in [5.74, 6) is -0.682. The summed E-state index contributed by atoms with van der Waals surface area (Å²) in [7, 11) is 0. The van der Waals surface area contributed by atoms with Gasteiger partial charge in [-0.1, -0.05) is 11.8 Å². The summed E-state index contributed by atoms with van der Waals surface area (Å²) >= 11 is 7.08. The van der Waals surface area contributed by atoms with E-state index in [1.54, 1.807) is 6.26 Å². The largest absolute Gasteiger partial charge is 0.432 e. The number of rotatable bonds is 3. The summed E-state index contributed by atoms with van der Waals surface area (Å²) in [6.07, 6.45) is -7.37. The van der Waals surface area contributed by atoms with Gasteiger partial charge >= 0.3 is 12.4 Å². The fourth-order valence-electron chi connectivity index (χ4n) is 2.98. The van der Waals surface area contributed by atoms with Crippen molar-refractivity contribution in [3.05, 3.63) is 57.6 Å². The minimum absolute atomic E-state index is 0.0375. The van der Waals surface area contributed by atoms with Crippen LogP contribution in [0.5, 0.6) is 0 Å². The Labute approximate surface area is 176 Å². The van der Waals surface area contributed by atoms with Crippen molar-refractivity contribution < 1.29 is 35.9 Å². The molecule has 1 unspecified atom stereocenters. The van der Waals surface area contributed by atoms with Crippen LogP contribution >= 0.6 is 23.5 Å². The highest BCUT2D eigenvalue weighted by Crippen LogP contribution is 2.37. The average molecular weight is 474 g/mol. The minimum atomic E-state index is -4.96. The van der Waals surface area contributed by atoms with Gasteiger partial charge in [0.05, 0.1) is 29.6 Å². The summed E-state index contributed by atoms with van der Waals surface area (Å²) in [4.78, 5) is 12.7. The summed E-state index contributed by atoms with van der Waals surface area (Å²) < 4.78 is 85.0. The van der Waals surface area contributed by atoms with Gasteiger partial charge in [-0.05, 0) is 36.4 Å². The number of amides is 1. The van der Waals surface area contributed by atoms with Crippen molar-refractivity contribution in [2.45, 2.75) is 24.8 Å². The van der Waals surface area contributed by atoms with Crippen LogP contribution in [-0.2, 0) is 28.3 Å². The van der Waals surface area contributed by atoms with Gasteiger partial charge in [0.2, 0.25) is 5.88 Å². The quantitative estimate of drug-likeness (QED) is 0.510. The number of nitrogens with zero attached hydrogens (tertiary/aromatic N) is 1. The Kier molecular flexibility index (Phi) is 6.21. The molecule has 0 bridgehead atoms. The molecular weight excluding hydrogens is 460 g/mol. The molecule has 0 aliphatic carbocycles. The van der Waals surface area contributed by atoms with Crippen molar-refractivity contribution in [1.82, 2.24) is 15.1 Å². The maximum Gasteiger partial charge on any atom is 0.416 e. The first-order valence-corrected chi connectivity index (χ1v) is 9.89. The SMILES string of the molecule is CSC1=CN(Cl)C(=O)C2=C(NCNC2Cc2cc(C(F)(F)F)cc(C(F)(F)F)c2)O1. The lowest BCUT2D eigenvalue weighted by atomic mass is 9.94. The molecule has 2 aliphatic heterocycles. The Morgan fingerprint density at radius 3 is 2.30 bits per heavy atom. The molecule has 164 valence electrons. The van der Waals surface area contributed by atoms with Crippen LogP contribution in [0.15, 0.2) is 40.9 Å². The van der Waals surface area contributed by atoms with Crippen molar-refractivity contribution in [2.75, 3.05) is 12.9 Å². The Balaban J connectivity index is 2.00. The van der Waals surface area contributed by atoms with Gasteiger partial charge in [-0.25, -0.2) is 4.42 Å². The molecule has 0 saturated carbocycles. The second-order valence-electron chi connectivity index (χ2n) is 6.34. The van der Waals surface area contributed by atoms with Crippen LogP contribution in [0.4, 0.5) is 26.3 Å². The Hall–Kier alpha value is -2.05. The molecule has 30 heavy (non-hydrogen) atoms. The number of nitrogens with one attached hydrogen (secondary N) is 2. The van der Waals surface area contributed by atoms with Crippen molar-refractivity contribution in [3.63, 3.8) is 0 Å². The summed E-state index contributed by atoms with van der Waals surface area (Å²) in [5.41, 5.74) is -3.14. The van der Waals surface area contributed by atoms with E-state index in [9.17, 15) is 31.1 Å². The number of ether oxygens (including phenoxy) is 1. The van der Waals surface area contributed by atoms with E-state index in [2.05, 4.69) is 10.6 Å². The first-order valence-electron chi connectivity index (χ1n) is 8.33. The standard InChI is InChI=1S/C17H14ClF6N3O2S/c1-30-12-6-27(18)15(28)13-11(25-7-26-14(13)29-12)4-8-2-9(16(19,20)21)5-10(3-8)17(22,23)24/h2-3,5-6,11,25-26H,4,7H2,1H3. The average Bonchev–Trinajstić information content (AvgIpc) is 2.77. The van der Waals surface area contributed by atoms with Crippen LogP contribution in [0.3, 0.4) is 0 Å². The molecule has 13 heteroatoms. The first kappa shape index (κ1) is 22.6. The number of hydrogen-bond donors (Lipinski definition) is 2. The number of alkyl halides is 6.